The van der Waals surface area contributed by atoms with E-state index in [9.17, 15) is 4.79 Å². The van der Waals surface area contributed by atoms with Crippen LogP contribution in [0.25, 0.3) is 11.0 Å². The first-order chi connectivity index (χ1) is 11.8. The van der Waals surface area contributed by atoms with Crippen LogP contribution in [0.5, 0.6) is 0 Å². The molecule has 3 aromatic rings. The highest BCUT2D eigenvalue weighted by Crippen LogP contribution is 2.21. The number of hydrogen-bond acceptors (Lipinski definition) is 4. The summed E-state index contributed by atoms with van der Waals surface area (Å²) < 4.78 is 1.60. The minimum atomic E-state index is 0.00632. The molecule has 122 valence electrons. The van der Waals surface area contributed by atoms with Crippen LogP contribution in [0, 0.1) is 0 Å². The zero-order chi connectivity index (χ0) is 16.4. The van der Waals surface area contributed by atoms with E-state index < -0.39 is 0 Å². The average Bonchev–Trinajstić information content (AvgIpc) is 3.23. The number of likely N-dealkylation sites (tertiary alicyclic amines) is 1. The van der Waals surface area contributed by atoms with E-state index in [0.717, 1.165) is 30.2 Å². The van der Waals surface area contributed by atoms with Crippen LogP contribution in [0.15, 0.2) is 58.8 Å². The van der Waals surface area contributed by atoms with Gasteiger partial charge in [-0.3, -0.25) is 14.1 Å². The summed E-state index contributed by atoms with van der Waals surface area (Å²) in [6.07, 6.45) is 8.58. The van der Waals surface area contributed by atoms with Crippen molar-refractivity contribution in [3.05, 3.63) is 75.7 Å². The molecule has 0 aliphatic carbocycles. The van der Waals surface area contributed by atoms with Crippen LogP contribution >= 0.6 is 11.3 Å². The van der Waals surface area contributed by atoms with E-state index in [-0.39, 0.29) is 5.56 Å². The normalized spacial score (nSPS) is 18.8. The molecular formula is C19H19N3OS. The lowest BCUT2D eigenvalue weighted by Crippen LogP contribution is -2.28. The fourth-order valence-corrected chi connectivity index (χ4v) is 3.97. The van der Waals surface area contributed by atoms with Gasteiger partial charge in [0.25, 0.3) is 5.56 Å². The third kappa shape index (κ3) is 3.18. The smallest absolute Gasteiger partial charge is 0.258 e. The minimum Gasteiger partial charge on any atom is -0.291 e. The highest BCUT2D eigenvalue weighted by Gasteiger charge is 2.22. The van der Waals surface area contributed by atoms with Gasteiger partial charge in [0.2, 0.25) is 0 Å². The van der Waals surface area contributed by atoms with Crippen molar-refractivity contribution in [1.29, 1.82) is 0 Å². The lowest BCUT2D eigenvalue weighted by Gasteiger charge is -2.21. The second-order valence-corrected chi connectivity index (χ2v) is 6.96. The summed E-state index contributed by atoms with van der Waals surface area (Å²) in [5.74, 6) is 0. The molecule has 5 heteroatoms. The SMILES string of the molecule is O=c1cc(CN2CCCC2/C=C/c2ccccc2)nc2sccn12. The number of benzene rings is 1. The van der Waals surface area contributed by atoms with Crippen LogP contribution in [-0.4, -0.2) is 26.9 Å². The first kappa shape index (κ1) is 15.3. The third-order valence-corrected chi connectivity index (χ3v) is 5.20. The predicted molar refractivity (Wildman–Crippen MR) is 98.2 cm³/mol. The summed E-state index contributed by atoms with van der Waals surface area (Å²) in [5, 5.41) is 1.90. The summed E-state index contributed by atoms with van der Waals surface area (Å²) >= 11 is 1.50. The van der Waals surface area contributed by atoms with Gasteiger partial charge in [-0.05, 0) is 24.9 Å². The van der Waals surface area contributed by atoms with Crippen LogP contribution in [0.2, 0.25) is 0 Å². The second kappa shape index (κ2) is 6.71. The number of nitrogens with zero attached hydrogens (tertiary/aromatic N) is 3. The summed E-state index contributed by atoms with van der Waals surface area (Å²) in [5.41, 5.74) is 2.09. The molecule has 4 rings (SSSR count). The number of rotatable bonds is 4. The number of fused-ring (bicyclic) bond motifs is 1. The zero-order valence-electron chi connectivity index (χ0n) is 13.3. The maximum absolute atomic E-state index is 12.1. The van der Waals surface area contributed by atoms with E-state index in [1.54, 1.807) is 16.7 Å². The maximum Gasteiger partial charge on any atom is 0.258 e. The molecule has 3 heterocycles. The number of hydrogen-bond donors (Lipinski definition) is 0. The van der Waals surface area contributed by atoms with Crippen molar-refractivity contribution < 1.29 is 0 Å². The number of thiazole rings is 1. The Kier molecular flexibility index (Phi) is 4.28. The quantitative estimate of drug-likeness (QED) is 0.732. The molecule has 0 amide bonds. The lowest BCUT2D eigenvalue weighted by molar-refractivity contribution is 0.279. The van der Waals surface area contributed by atoms with E-state index >= 15 is 0 Å². The topological polar surface area (TPSA) is 37.6 Å². The Morgan fingerprint density at radius 1 is 1.29 bits per heavy atom. The molecule has 1 aliphatic heterocycles. The standard InChI is InChI=1S/C19H19N3OS/c23-18-13-16(20-19-22(18)11-12-24-19)14-21-10-4-7-17(21)9-8-15-5-2-1-3-6-15/h1-3,5-6,8-9,11-13,17H,4,7,10,14H2/b9-8+. The van der Waals surface area contributed by atoms with Gasteiger partial charge in [-0.15, -0.1) is 11.3 Å². The van der Waals surface area contributed by atoms with Crippen LogP contribution in [0.4, 0.5) is 0 Å². The molecule has 1 aromatic carbocycles. The molecule has 0 N–H and O–H groups in total. The maximum atomic E-state index is 12.1. The van der Waals surface area contributed by atoms with E-state index in [2.05, 4.69) is 46.3 Å². The summed E-state index contributed by atoms with van der Waals surface area (Å²) in [6, 6.07) is 12.4. The van der Waals surface area contributed by atoms with Crippen molar-refractivity contribution in [3.63, 3.8) is 0 Å². The van der Waals surface area contributed by atoms with E-state index in [1.165, 1.54) is 23.3 Å². The van der Waals surface area contributed by atoms with Gasteiger partial charge in [-0.1, -0.05) is 42.5 Å². The van der Waals surface area contributed by atoms with Crippen molar-refractivity contribution in [2.75, 3.05) is 6.54 Å². The lowest BCUT2D eigenvalue weighted by atomic mass is 10.1. The summed E-state index contributed by atoms with van der Waals surface area (Å²) in [6.45, 7) is 1.78. The molecule has 1 unspecified atom stereocenters. The van der Waals surface area contributed by atoms with Crippen molar-refractivity contribution in [3.8, 4) is 0 Å². The molecule has 24 heavy (non-hydrogen) atoms. The van der Waals surface area contributed by atoms with Crippen LogP contribution in [-0.2, 0) is 6.54 Å². The fourth-order valence-electron chi connectivity index (χ4n) is 3.23. The molecule has 0 saturated carbocycles. The van der Waals surface area contributed by atoms with Gasteiger partial charge in [0.05, 0.1) is 5.69 Å². The van der Waals surface area contributed by atoms with Crippen LogP contribution < -0.4 is 5.56 Å². The van der Waals surface area contributed by atoms with Gasteiger partial charge in [-0.25, -0.2) is 4.98 Å². The Bertz CT molecular complexity index is 913. The average molecular weight is 337 g/mol. The molecule has 1 aliphatic rings. The predicted octanol–water partition coefficient (Wildman–Crippen LogP) is 3.43. The Balaban J connectivity index is 1.52. The highest BCUT2D eigenvalue weighted by molar-refractivity contribution is 7.15. The van der Waals surface area contributed by atoms with Crippen molar-refractivity contribution in [2.24, 2.45) is 0 Å². The Morgan fingerprint density at radius 3 is 3.04 bits per heavy atom. The van der Waals surface area contributed by atoms with Crippen molar-refractivity contribution in [2.45, 2.75) is 25.4 Å². The highest BCUT2D eigenvalue weighted by atomic mass is 32.1. The summed E-state index contributed by atoms with van der Waals surface area (Å²) in [4.78, 5) is 19.9. The van der Waals surface area contributed by atoms with Gasteiger partial charge < -0.3 is 0 Å². The van der Waals surface area contributed by atoms with E-state index in [0.29, 0.717) is 6.04 Å². The molecule has 4 nitrogen and oxygen atoms in total. The Hall–Kier alpha value is -2.24. The largest absolute Gasteiger partial charge is 0.291 e. The molecule has 2 aromatic heterocycles. The van der Waals surface area contributed by atoms with Crippen molar-refractivity contribution >= 4 is 22.4 Å². The molecule has 0 radical (unpaired) electrons. The van der Waals surface area contributed by atoms with Gasteiger partial charge in [0.1, 0.15) is 0 Å². The molecule has 1 saturated heterocycles. The molecule has 0 bridgehead atoms. The first-order valence-electron chi connectivity index (χ1n) is 8.23. The summed E-state index contributed by atoms with van der Waals surface area (Å²) in [7, 11) is 0. The molecule has 0 spiro atoms. The fraction of sp³-hybridized carbons (Fsp3) is 0.263. The third-order valence-electron chi connectivity index (χ3n) is 4.45. The van der Waals surface area contributed by atoms with E-state index in [4.69, 9.17) is 0 Å². The first-order valence-corrected chi connectivity index (χ1v) is 9.11. The Labute approximate surface area is 144 Å². The monoisotopic (exact) mass is 337 g/mol. The van der Waals surface area contributed by atoms with Crippen LogP contribution in [0.3, 0.4) is 0 Å². The van der Waals surface area contributed by atoms with E-state index in [1.807, 2.05) is 11.4 Å². The molecular weight excluding hydrogens is 318 g/mol. The van der Waals surface area contributed by atoms with Crippen molar-refractivity contribution in [1.82, 2.24) is 14.3 Å². The van der Waals surface area contributed by atoms with Gasteiger partial charge in [-0.2, -0.15) is 0 Å². The van der Waals surface area contributed by atoms with Crippen LogP contribution in [0.1, 0.15) is 24.1 Å². The Morgan fingerprint density at radius 2 is 2.17 bits per heavy atom. The minimum absolute atomic E-state index is 0.00632. The number of aromatic nitrogens is 2. The second-order valence-electron chi connectivity index (χ2n) is 6.09. The molecule has 1 atom stereocenters. The van der Waals surface area contributed by atoms with Gasteiger partial charge in [0, 0.05) is 30.2 Å². The van der Waals surface area contributed by atoms with Gasteiger partial charge in [0.15, 0.2) is 4.96 Å². The van der Waals surface area contributed by atoms with Gasteiger partial charge >= 0.3 is 0 Å². The molecule has 1 fully saturated rings. The zero-order valence-corrected chi connectivity index (χ0v) is 14.2.